The highest BCUT2D eigenvalue weighted by atomic mass is 14.7. The van der Waals surface area contributed by atoms with Crippen molar-refractivity contribution in [3.05, 3.63) is 29.1 Å². The van der Waals surface area contributed by atoms with Crippen molar-refractivity contribution < 1.29 is 0 Å². The summed E-state index contributed by atoms with van der Waals surface area (Å²) in [4.78, 5) is 4.48. The van der Waals surface area contributed by atoms with E-state index in [1.54, 1.807) is 0 Å². The Morgan fingerprint density at radius 3 is 2.93 bits per heavy atom. The molecule has 0 saturated carbocycles. The lowest BCUT2D eigenvalue weighted by Gasteiger charge is -2.34. The number of fused-ring (bicyclic) bond motifs is 1. The molecule has 76 valence electrons. The van der Waals surface area contributed by atoms with E-state index in [4.69, 9.17) is 5.73 Å². The van der Waals surface area contributed by atoms with E-state index in [1.165, 1.54) is 16.8 Å². The highest BCUT2D eigenvalue weighted by Crippen LogP contribution is 2.38. The fourth-order valence-electron chi connectivity index (χ4n) is 2.32. The van der Waals surface area contributed by atoms with Gasteiger partial charge in [-0.25, -0.2) is 0 Å². The number of pyridine rings is 1. The molecule has 1 aliphatic carbocycles. The van der Waals surface area contributed by atoms with Crippen molar-refractivity contribution in [1.29, 1.82) is 0 Å². The molecule has 2 heteroatoms. The van der Waals surface area contributed by atoms with Crippen LogP contribution in [-0.2, 0) is 6.42 Å². The van der Waals surface area contributed by atoms with Gasteiger partial charge in [0.15, 0.2) is 0 Å². The van der Waals surface area contributed by atoms with E-state index < -0.39 is 0 Å². The molecule has 0 aromatic carbocycles. The molecule has 0 radical (unpaired) electrons. The lowest BCUT2D eigenvalue weighted by atomic mass is 9.74. The lowest BCUT2D eigenvalue weighted by molar-refractivity contribution is 0.278. The summed E-state index contributed by atoms with van der Waals surface area (Å²) in [7, 11) is 0. The van der Waals surface area contributed by atoms with Crippen molar-refractivity contribution in [3.63, 3.8) is 0 Å². The van der Waals surface area contributed by atoms with Crippen molar-refractivity contribution >= 4 is 0 Å². The molecular weight excluding hydrogens is 172 g/mol. The lowest BCUT2D eigenvalue weighted by Crippen LogP contribution is -2.30. The van der Waals surface area contributed by atoms with E-state index in [-0.39, 0.29) is 6.04 Å². The molecule has 2 rings (SSSR count). The highest BCUT2D eigenvalue weighted by molar-refractivity contribution is 5.30. The average Bonchev–Trinajstić information content (AvgIpc) is 2.05. The number of hydrogen-bond donors (Lipinski definition) is 1. The average molecular weight is 190 g/mol. The van der Waals surface area contributed by atoms with Gasteiger partial charge in [0.1, 0.15) is 0 Å². The van der Waals surface area contributed by atoms with Crippen molar-refractivity contribution in [2.24, 2.45) is 11.1 Å². The predicted octanol–water partition coefficient (Wildman–Crippen LogP) is 2.36. The third-order valence-electron chi connectivity index (χ3n) is 2.96. The fraction of sp³-hybridized carbons (Fsp3) is 0.583. The molecule has 0 bridgehead atoms. The molecule has 14 heavy (non-hydrogen) atoms. The van der Waals surface area contributed by atoms with Crippen LogP contribution in [0, 0.1) is 12.3 Å². The monoisotopic (exact) mass is 190 g/mol. The van der Waals surface area contributed by atoms with E-state index in [0.29, 0.717) is 5.41 Å². The van der Waals surface area contributed by atoms with Crippen LogP contribution in [0.4, 0.5) is 0 Å². The Bertz CT molecular complexity index is 355. The molecule has 1 aromatic rings. The van der Waals surface area contributed by atoms with Gasteiger partial charge >= 0.3 is 0 Å². The minimum Gasteiger partial charge on any atom is -0.324 e. The zero-order valence-corrected chi connectivity index (χ0v) is 9.17. The standard InChI is InChI=1S/C12H18N2/c1-8-4-9-10(13)5-12(2,3)6-11(9)14-7-8/h4,7,10H,5-6,13H2,1-3H3. The quantitative estimate of drug-likeness (QED) is 0.682. The summed E-state index contributed by atoms with van der Waals surface area (Å²) in [5.74, 6) is 0. The first-order valence-corrected chi connectivity index (χ1v) is 5.19. The number of nitrogens with zero attached hydrogens (tertiary/aromatic N) is 1. The SMILES string of the molecule is Cc1cnc2c(c1)C(N)CC(C)(C)C2. The first-order valence-electron chi connectivity index (χ1n) is 5.19. The van der Waals surface area contributed by atoms with Crippen molar-refractivity contribution in [3.8, 4) is 0 Å². The number of aromatic nitrogens is 1. The number of hydrogen-bond acceptors (Lipinski definition) is 2. The second kappa shape index (κ2) is 3.06. The van der Waals surface area contributed by atoms with Crippen LogP contribution in [0.3, 0.4) is 0 Å². The maximum Gasteiger partial charge on any atom is 0.0456 e. The maximum atomic E-state index is 6.15. The summed E-state index contributed by atoms with van der Waals surface area (Å²) >= 11 is 0. The Hall–Kier alpha value is -0.890. The summed E-state index contributed by atoms with van der Waals surface area (Å²) in [5.41, 5.74) is 10.1. The fourth-order valence-corrected chi connectivity index (χ4v) is 2.32. The molecule has 0 fully saturated rings. The molecule has 0 spiro atoms. The van der Waals surface area contributed by atoms with Crippen LogP contribution in [0.2, 0.25) is 0 Å². The number of rotatable bonds is 0. The van der Waals surface area contributed by atoms with E-state index in [2.05, 4.69) is 31.8 Å². The van der Waals surface area contributed by atoms with E-state index in [0.717, 1.165) is 12.8 Å². The third-order valence-corrected chi connectivity index (χ3v) is 2.96. The van der Waals surface area contributed by atoms with Gasteiger partial charge in [0, 0.05) is 17.9 Å². The molecular formula is C12H18N2. The summed E-state index contributed by atoms with van der Waals surface area (Å²) in [6.07, 6.45) is 4.05. The highest BCUT2D eigenvalue weighted by Gasteiger charge is 2.30. The van der Waals surface area contributed by atoms with Gasteiger partial charge in [0.2, 0.25) is 0 Å². The summed E-state index contributed by atoms with van der Waals surface area (Å²) in [6, 6.07) is 2.35. The Morgan fingerprint density at radius 1 is 1.50 bits per heavy atom. The van der Waals surface area contributed by atoms with Gasteiger partial charge in [-0.3, -0.25) is 4.98 Å². The normalized spacial score (nSPS) is 24.4. The first kappa shape index (κ1) is 9.66. The molecule has 2 nitrogen and oxygen atoms in total. The minimum atomic E-state index is 0.168. The van der Waals surface area contributed by atoms with Gasteiger partial charge < -0.3 is 5.73 Å². The number of nitrogens with two attached hydrogens (primary N) is 1. The van der Waals surface area contributed by atoms with E-state index >= 15 is 0 Å². The Labute approximate surface area is 85.5 Å². The molecule has 0 aliphatic heterocycles. The molecule has 0 amide bonds. The second-order valence-electron chi connectivity index (χ2n) is 5.20. The molecule has 0 saturated heterocycles. The molecule has 1 unspecified atom stereocenters. The predicted molar refractivity (Wildman–Crippen MR) is 58.0 cm³/mol. The van der Waals surface area contributed by atoms with E-state index in [9.17, 15) is 0 Å². The maximum absolute atomic E-state index is 6.15. The zero-order chi connectivity index (χ0) is 10.3. The third kappa shape index (κ3) is 1.67. The molecule has 1 aromatic heterocycles. The van der Waals surface area contributed by atoms with Gasteiger partial charge in [-0.1, -0.05) is 19.9 Å². The first-order chi connectivity index (χ1) is 6.48. The van der Waals surface area contributed by atoms with Crippen LogP contribution in [0.1, 0.15) is 43.1 Å². The van der Waals surface area contributed by atoms with Crippen molar-refractivity contribution in [2.75, 3.05) is 0 Å². The van der Waals surface area contributed by atoms with Gasteiger partial charge in [-0.05, 0) is 36.3 Å². The largest absolute Gasteiger partial charge is 0.324 e. The Morgan fingerprint density at radius 2 is 2.21 bits per heavy atom. The summed E-state index contributed by atoms with van der Waals surface area (Å²) in [6.45, 7) is 6.59. The molecule has 1 heterocycles. The van der Waals surface area contributed by atoms with Gasteiger partial charge in [0.05, 0.1) is 0 Å². The van der Waals surface area contributed by atoms with Crippen LogP contribution < -0.4 is 5.73 Å². The van der Waals surface area contributed by atoms with Gasteiger partial charge in [-0.2, -0.15) is 0 Å². The van der Waals surface area contributed by atoms with Crippen LogP contribution in [-0.4, -0.2) is 4.98 Å². The second-order valence-corrected chi connectivity index (χ2v) is 5.20. The topological polar surface area (TPSA) is 38.9 Å². The van der Waals surface area contributed by atoms with Crippen LogP contribution in [0.5, 0.6) is 0 Å². The van der Waals surface area contributed by atoms with Crippen molar-refractivity contribution in [1.82, 2.24) is 4.98 Å². The van der Waals surface area contributed by atoms with Crippen LogP contribution >= 0.6 is 0 Å². The molecule has 2 N–H and O–H groups in total. The van der Waals surface area contributed by atoms with E-state index in [1.807, 2.05) is 6.20 Å². The van der Waals surface area contributed by atoms with Crippen LogP contribution in [0.15, 0.2) is 12.3 Å². The van der Waals surface area contributed by atoms with Gasteiger partial charge in [0.25, 0.3) is 0 Å². The molecule has 1 atom stereocenters. The summed E-state index contributed by atoms with van der Waals surface area (Å²) in [5, 5.41) is 0. The summed E-state index contributed by atoms with van der Waals surface area (Å²) < 4.78 is 0. The van der Waals surface area contributed by atoms with Crippen LogP contribution in [0.25, 0.3) is 0 Å². The molecule has 1 aliphatic rings. The Balaban J connectivity index is 2.45. The van der Waals surface area contributed by atoms with Crippen molar-refractivity contribution in [2.45, 2.75) is 39.7 Å². The smallest absolute Gasteiger partial charge is 0.0456 e. The zero-order valence-electron chi connectivity index (χ0n) is 9.17. The Kier molecular flexibility index (Phi) is 2.11. The minimum absolute atomic E-state index is 0.168. The van der Waals surface area contributed by atoms with Gasteiger partial charge in [-0.15, -0.1) is 0 Å². The number of aryl methyl sites for hydroxylation is 1.